The fraction of sp³-hybridized carbons (Fsp3) is 0. The summed E-state index contributed by atoms with van der Waals surface area (Å²) in [6, 6.07) is 1.76. The Morgan fingerprint density at radius 1 is 1.56 bits per heavy atom. The zero-order valence-electron chi connectivity index (χ0n) is 4.44. The van der Waals surface area contributed by atoms with Crippen LogP contribution in [0, 0.1) is 11.3 Å². The van der Waals surface area contributed by atoms with Gasteiger partial charge in [0.1, 0.15) is 6.07 Å². The van der Waals surface area contributed by atoms with Crippen LogP contribution in [0.2, 0.25) is 0 Å². The zero-order chi connectivity index (χ0) is 6.69. The molecule has 5 nitrogen and oxygen atoms in total. The van der Waals surface area contributed by atoms with Gasteiger partial charge in [0.2, 0.25) is 5.95 Å². The first-order chi connectivity index (χ1) is 4.33. The molecule has 0 aliphatic rings. The van der Waals surface area contributed by atoms with Crippen molar-refractivity contribution in [3.8, 4) is 6.07 Å². The maximum Gasteiger partial charge on any atom is 0.240 e. The summed E-state index contributed by atoms with van der Waals surface area (Å²) in [6.07, 6.45) is 1.27. The van der Waals surface area contributed by atoms with E-state index in [-0.39, 0.29) is 11.6 Å². The van der Waals surface area contributed by atoms with E-state index in [4.69, 9.17) is 11.0 Å². The lowest BCUT2D eigenvalue weighted by molar-refractivity contribution is 0.966. The minimum absolute atomic E-state index is 0.0778. The third-order valence-electron chi connectivity index (χ3n) is 0.694. The first kappa shape index (κ1) is 5.44. The van der Waals surface area contributed by atoms with Gasteiger partial charge in [0.05, 0.1) is 6.20 Å². The normalized spacial score (nSPS) is 8.33. The highest BCUT2D eigenvalue weighted by atomic mass is 15.2. The van der Waals surface area contributed by atoms with Crippen LogP contribution in [0.4, 0.5) is 5.95 Å². The largest absolute Gasteiger partial charge is 0.366 e. The molecule has 9 heavy (non-hydrogen) atoms. The summed E-state index contributed by atoms with van der Waals surface area (Å²) in [6.45, 7) is 0. The first-order valence-corrected chi connectivity index (χ1v) is 2.18. The van der Waals surface area contributed by atoms with Gasteiger partial charge in [-0.05, 0) is 0 Å². The molecule has 44 valence electrons. The Morgan fingerprint density at radius 3 is 2.78 bits per heavy atom. The monoisotopic (exact) mass is 121 g/mol. The van der Waals surface area contributed by atoms with Crippen LogP contribution in [0.25, 0.3) is 0 Å². The minimum Gasteiger partial charge on any atom is -0.366 e. The Bertz CT molecular complexity index is 232. The van der Waals surface area contributed by atoms with Crippen molar-refractivity contribution in [1.29, 1.82) is 5.26 Å². The SMILES string of the molecule is N#Cc1cnc(N)nn1. The van der Waals surface area contributed by atoms with Gasteiger partial charge in [-0.2, -0.15) is 5.26 Å². The Balaban J connectivity index is 3.06. The van der Waals surface area contributed by atoms with Crippen LogP contribution < -0.4 is 5.73 Å². The highest BCUT2D eigenvalue weighted by Gasteiger charge is 1.90. The van der Waals surface area contributed by atoms with E-state index in [9.17, 15) is 0 Å². The Morgan fingerprint density at radius 2 is 2.33 bits per heavy atom. The Kier molecular flexibility index (Phi) is 1.24. The zero-order valence-corrected chi connectivity index (χ0v) is 4.44. The summed E-state index contributed by atoms with van der Waals surface area (Å²) < 4.78 is 0. The predicted molar refractivity (Wildman–Crippen MR) is 29.0 cm³/mol. The fourth-order valence-electron chi connectivity index (χ4n) is 0.335. The molecule has 2 N–H and O–H groups in total. The van der Waals surface area contributed by atoms with E-state index in [0.717, 1.165) is 0 Å². The van der Waals surface area contributed by atoms with E-state index in [0.29, 0.717) is 0 Å². The molecule has 0 bridgehead atoms. The Labute approximate surface area is 51.2 Å². The molecule has 0 saturated heterocycles. The lowest BCUT2D eigenvalue weighted by Gasteiger charge is -1.85. The molecule has 0 aliphatic carbocycles. The number of nitriles is 1. The first-order valence-electron chi connectivity index (χ1n) is 2.18. The Hall–Kier alpha value is -1.70. The van der Waals surface area contributed by atoms with E-state index in [2.05, 4.69) is 15.2 Å². The molecule has 0 saturated carbocycles. The topological polar surface area (TPSA) is 88.5 Å². The maximum absolute atomic E-state index is 8.20. The average Bonchev–Trinajstić information content (AvgIpc) is 1.90. The van der Waals surface area contributed by atoms with Gasteiger partial charge < -0.3 is 5.73 Å². The van der Waals surface area contributed by atoms with Crippen LogP contribution in [0.3, 0.4) is 0 Å². The van der Waals surface area contributed by atoms with Crippen molar-refractivity contribution >= 4 is 5.95 Å². The molecule has 0 atom stereocenters. The second-order valence-electron chi connectivity index (χ2n) is 1.31. The summed E-state index contributed by atoms with van der Waals surface area (Å²) in [7, 11) is 0. The van der Waals surface area contributed by atoms with Gasteiger partial charge in [-0.25, -0.2) is 4.98 Å². The molecule has 1 rings (SSSR count). The number of aromatic nitrogens is 3. The average molecular weight is 121 g/mol. The summed E-state index contributed by atoms with van der Waals surface area (Å²) in [5.41, 5.74) is 5.26. The van der Waals surface area contributed by atoms with Gasteiger partial charge in [-0.3, -0.25) is 0 Å². The van der Waals surface area contributed by atoms with E-state index in [1.807, 2.05) is 0 Å². The van der Waals surface area contributed by atoms with Crippen LogP contribution >= 0.6 is 0 Å². The van der Waals surface area contributed by atoms with Crippen molar-refractivity contribution in [3.05, 3.63) is 11.9 Å². The number of hydrogen-bond donors (Lipinski definition) is 1. The number of anilines is 1. The number of rotatable bonds is 0. The molecular weight excluding hydrogens is 118 g/mol. The fourth-order valence-corrected chi connectivity index (χ4v) is 0.335. The standard InChI is InChI=1S/C4H3N5/c5-1-3-2-7-4(6)9-8-3/h2H,(H2,6,7,9). The van der Waals surface area contributed by atoms with Crippen LogP contribution in [0.5, 0.6) is 0 Å². The van der Waals surface area contributed by atoms with E-state index < -0.39 is 0 Å². The van der Waals surface area contributed by atoms with Crippen molar-refractivity contribution in [3.63, 3.8) is 0 Å². The number of nitrogens with two attached hydrogens (primary N) is 1. The molecular formula is C4H3N5. The van der Waals surface area contributed by atoms with Gasteiger partial charge in [-0.1, -0.05) is 0 Å². The smallest absolute Gasteiger partial charge is 0.240 e. The van der Waals surface area contributed by atoms with Crippen molar-refractivity contribution in [2.45, 2.75) is 0 Å². The molecule has 1 aromatic rings. The lowest BCUT2D eigenvalue weighted by atomic mass is 10.5. The van der Waals surface area contributed by atoms with Gasteiger partial charge in [0, 0.05) is 0 Å². The maximum atomic E-state index is 8.20. The molecule has 1 aromatic heterocycles. The van der Waals surface area contributed by atoms with Crippen molar-refractivity contribution in [2.75, 3.05) is 5.73 Å². The molecule has 0 unspecified atom stereocenters. The third-order valence-corrected chi connectivity index (χ3v) is 0.694. The summed E-state index contributed by atoms with van der Waals surface area (Å²) in [5.74, 6) is 0.0778. The van der Waals surface area contributed by atoms with Gasteiger partial charge in [0.15, 0.2) is 5.69 Å². The second kappa shape index (κ2) is 2.05. The third kappa shape index (κ3) is 1.10. The minimum atomic E-state index is 0.0778. The molecule has 0 radical (unpaired) electrons. The highest BCUT2D eigenvalue weighted by Crippen LogP contribution is 1.87. The molecule has 0 spiro atoms. The van der Waals surface area contributed by atoms with Crippen LogP contribution in [-0.4, -0.2) is 15.2 Å². The molecule has 0 amide bonds. The van der Waals surface area contributed by atoms with Crippen molar-refractivity contribution in [2.24, 2.45) is 0 Å². The van der Waals surface area contributed by atoms with Crippen molar-refractivity contribution < 1.29 is 0 Å². The van der Waals surface area contributed by atoms with Gasteiger partial charge >= 0.3 is 0 Å². The quantitative estimate of drug-likeness (QED) is 0.491. The van der Waals surface area contributed by atoms with Gasteiger partial charge in [-0.15, -0.1) is 10.2 Å². The molecule has 5 heteroatoms. The summed E-state index contributed by atoms with van der Waals surface area (Å²) in [4.78, 5) is 3.53. The molecule has 0 aliphatic heterocycles. The van der Waals surface area contributed by atoms with E-state index >= 15 is 0 Å². The van der Waals surface area contributed by atoms with Crippen LogP contribution in [0.15, 0.2) is 6.20 Å². The van der Waals surface area contributed by atoms with E-state index in [1.54, 1.807) is 6.07 Å². The van der Waals surface area contributed by atoms with Crippen molar-refractivity contribution in [1.82, 2.24) is 15.2 Å². The number of nitrogen functional groups attached to an aromatic ring is 1. The predicted octanol–water partition coefficient (Wildman–Crippen LogP) is -0.675. The number of nitrogens with zero attached hydrogens (tertiary/aromatic N) is 4. The summed E-state index contributed by atoms with van der Waals surface area (Å²) >= 11 is 0. The summed E-state index contributed by atoms with van der Waals surface area (Å²) in [5, 5.41) is 14.9. The highest BCUT2D eigenvalue weighted by molar-refractivity contribution is 5.18. The lowest BCUT2D eigenvalue weighted by Crippen LogP contribution is -1.97. The molecule has 0 aromatic carbocycles. The van der Waals surface area contributed by atoms with Crippen LogP contribution in [0.1, 0.15) is 5.69 Å². The van der Waals surface area contributed by atoms with Crippen LogP contribution in [-0.2, 0) is 0 Å². The van der Waals surface area contributed by atoms with Gasteiger partial charge in [0.25, 0.3) is 0 Å². The number of hydrogen-bond acceptors (Lipinski definition) is 5. The second-order valence-corrected chi connectivity index (χ2v) is 1.31. The van der Waals surface area contributed by atoms with E-state index in [1.165, 1.54) is 6.20 Å². The molecule has 1 heterocycles. The molecule has 0 fully saturated rings.